The van der Waals surface area contributed by atoms with Gasteiger partial charge in [0.1, 0.15) is 0 Å². The molecule has 100 valence electrons. The summed E-state index contributed by atoms with van der Waals surface area (Å²) in [6.45, 7) is 6.31. The highest BCUT2D eigenvalue weighted by molar-refractivity contribution is 5.09. The number of terminal acetylenes is 1. The van der Waals surface area contributed by atoms with Crippen LogP contribution in [-0.2, 0) is 0 Å². The SMILES string of the molecule is C#CC1(C)CCCC2CCCCC21.CC.CN. The van der Waals surface area contributed by atoms with Crippen LogP contribution in [0.15, 0.2) is 0 Å². The summed E-state index contributed by atoms with van der Waals surface area (Å²) < 4.78 is 0. The van der Waals surface area contributed by atoms with Crippen LogP contribution in [0.4, 0.5) is 0 Å². The van der Waals surface area contributed by atoms with E-state index in [0.717, 1.165) is 11.8 Å². The summed E-state index contributed by atoms with van der Waals surface area (Å²) in [6, 6.07) is 0. The van der Waals surface area contributed by atoms with Crippen molar-refractivity contribution in [3.05, 3.63) is 0 Å². The standard InChI is InChI=1S/C13H20.C2H6.CH5N/c1-3-13(2)10-6-8-11-7-4-5-9-12(11)13;2*1-2/h1,11-12H,4-10H2,2H3;1-2H3;2H2,1H3. The molecule has 0 aliphatic heterocycles. The minimum absolute atomic E-state index is 0.239. The molecule has 1 heteroatoms. The van der Waals surface area contributed by atoms with Gasteiger partial charge in [-0.25, -0.2) is 0 Å². The molecule has 0 saturated heterocycles. The molecule has 1 nitrogen and oxygen atoms in total. The number of rotatable bonds is 0. The Balaban J connectivity index is 0.000000581. The molecule has 2 rings (SSSR count). The number of hydrogen-bond donors (Lipinski definition) is 1. The van der Waals surface area contributed by atoms with Crippen molar-refractivity contribution in [3.63, 3.8) is 0 Å². The van der Waals surface area contributed by atoms with Gasteiger partial charge in [0.2, 0.25) is 0 Å². The summed E-state index contributed by atoms with van der Waals surface area (Å²) in [5.74, 6) is 4.89. The Hall–Kier alpha value is -0.480. The van der Waals surface area contributed by atoms with Crippen LogP contribution in [0.25, 0.3) is 0 Å². The van der Waals surface area contributed by atoms with Gasteiger partial charge < -0.3 is 5.73 Å². The number of hydrogen-bond acceptors (Lipinski definition) is 1. The Kier molecular flexibility index (Phi) is 8.35. The van der Waals surface area contributed by atoms with Crippen LogP contribution in [0.2, 0.25) is 0 Å². The van der Waals surface area contributed by atoms with Crippen molar-refractivity contribution in [2.24, 2.45) is 23.0 Å². The zero-order chi connectivity index (χ0) is 13.3. The molecule has 2 fully saturated rings. The molecular weight excluding hydrogens is 206 g/mol. The molecule has 2 aliphatic rings. The van der Waals surface area contributed by atoms with Crippen LogP contribution in [0, 0.1) is 29.6 Å². The fraction of sp³-hybridized carbons (Fsp3) is 0.875. The van der Waals surface area contributed by atoms with Gasteiger partial charge in [0.05, 0.1) is 0 Å². The normalized spacial score (nSPS) is 35.1. The van der Waals surface area contributed by atoms with Crippen molar-refractivity contribution in [3.8, 4) is 12.3 Å². The smallest absolute Gasteiger partial charge is 0.0314 e. The Morgan fingerprint density at radius 1 is 1.06 bits per heavy atom. The van der Waals surface area contributed by atoms with Crippen LogP contribution in [0.1, 0.15) is 65.7 Å². The highest BCUT2D eigenvalue weighted by Crippen LogP contribution is 2.50. The maximum absolute atomic E-state index is 5.69. The number of nitrogens with two attached hydrogens (primary N) is 1. The molecule has 3 unspecified atom stereocenters. The van der Waals surface area contributed by atoms with E-state index in [9.17, 15) is 0 Å². The molecule has 2 aliphatic carbocycles. The molecule has 0 amide bonds. The summed E-state index contributed by atoms with van der Waals surface area (Å²) in [4.78, 5) is 0. The third-order valence-electron chi connectivity index (χ3n) is 4.33. The minimum Gasteiger partial charge on any atom is -0.333 e. The van der Waals surface area contributed by atoms with Gasteiger partial charge in [-0.2, -0.15) is 0 Å². The van der Waals surface area contributed by atoms with Crippen molar-refractivity contribution in [1.29, 1.82) is 0 Å². The maximum Gasteiger partial charge on any atom is 0.0314 e. The van der Waals surface area contributed by atoms with Crippen molar-refractivity contribution >= 4 is 0 Å². The fourth-order valence-corrected chi connectivity index (χ4v) is 3.49. The summed E-state index contributed by atoms with van der Waals surface area (Å²) >= 11 is 0. The molecule has 0 heterocycles. The second-order valence-corrected chi connectivity index (χ2v) is 5.11. The molecule has 0 aromatic carbocycles. The highest BCUT2D eigenvalue weighted by atomic mass is 14.4. The minimum atomic E-state index is 0.239. The van der Waals surface area contributed by atoms with E-state index in [-0.39, 0.29) is 5.41 Å². The lowest BCUT2D eigenvalue weighted by atomic mass is 9.58. The molecular formula is C16H31N. The first kappa shape index (κ1) is 16.5. The Labute approximate surface area is 109 Å². The lowest BCUT2D eigenvalue weighted by molar-refractivity contribution is 0.0693. The first-order chi connectivity index (χ1) is 8.26. The molecule has 17 heavy (non-hydrogen) atoms. The summed E-state index contributed by atoms with van der Waals surface area (Å²) in [5, 5.41) is 0. The van der Waals surface area contributed by atoms with E-state index < -0.39 is 0 Å². The predicted octanol–water partition coefficient (Wildman–Crippen LogP) is 4.22. The zero-order valence-corrected chi connectivity index (χ0v) is 12.3. The molecule has 0 spiro atoms. The van der Waals surface area contributed by atoms with Gasteiger partial charge in [-0.1, -0.05) is 51.9 Å². The first-order valence-corrected chi connectivity index (χ1v) is 7.32. The van der Waals surface area contributed by atoms with E-state index in [1.165, 1.54) is 52.0 Å². The Morgan fingerprint density at radius 2 is 1.59 bits per heavy atom. The third kappa shape index (κ3) is 4.03. The molecule has 0 bridgehead atoms. The summed E-state index contributed by atoms with van der Waals surface area (Å²) in [7, 11) is 1.50. The average Bonchev–Trinajstić information content (AvgIpc) is 2.44. The zero-order valence-electron chi connectivity index (χ0n) is 12.3. The van der Waals surface area contributed by atoms with E-state index in [4.69, 9.17) is 6.42 Å². The van der Waals surface area contributed by atoms with Crippen molar-refractivity contribution < 1.29 is 0 Å². The molecule has 2 saturated carbocycles. The van der Waals surface area contributed by atoms with Gasteiger partial charge in [-0.15, -0.1) is 6.42 Å². The van der Waals surface area contributed by atoms with E-state index in [1.54, 1.807) is 0 Å². The van der Waals surface area contributed by atoms with Gasteiger partial charge in [0, 0.05) is 5.41 Å². The Bertz CT molecular complexity index is 226. The van der Waals surface area contributed by atoms with Gasteiger partial charge in [0.15, 0.2) is 0 Å². The monoisotopic (exact) mass is 237 g/mol. The second kappa shape index (κ2) is 8.59. The number of fused-ring (bicyclic) bond motifs is 1. The van der Waals surface area contributed by atoms with Gasteiger partial charge >= 0.3 is 0 Å². The van der Waals surface area contributed by atoms with E-state index in [2.05, 4.69) is 18.6 Å². The molecule has 3 atom stereocenters. The largest absolute Gasteiger partial charge is 0.333 e. The molecule has 0 aromatic rings. The molecule has 0 aromatic heterocycles. The van der Waals surface area contributed by atoms with E-state index in [0.29, 0.717) is 0 Å². The topological polar surface area (TPSA) is 26.0 Å². The van der Waals surface area contributed by atoms with Crippen molar-refractivity contribution in [2.75, 3.05) is 7.05 Å². The first-order valence-electron chi connectivity index (χ1n) is 7.32. The molecule has 2 N–H and O–H groups in total. The van der Waals surface area contributed by atoms with Gasteiger partial charge in [-0.05, 0) is 38.6 Å². The average molecular weight is 237 g/mol. The third-order valence-corrected chi connectivity index (χ3v) is 4.33. The lowest BCUT2D eigenvalue weighted by Gasteiger charge is -2.45. The van der Waals surface area contributed by atoms with Gasteiger partial charge in [0.25, 0.3) is 0 Å². The van der Waals surface area contributed by atoms with Crippen LogP contribution in [0.5, 0.6) is 0 Å². The van der Waals surface area contributed by atoms with Crippen LogP contribution in [0.3, 0.4) is 0 Å². The summed E-state index contributed by atoms with van der Waals surface area (Å²) in [6.07, 6.45) is 15.5. The highest BCUT2D eigenvalue weighted by Gasteiger charge is 2.41. The second-order valence-electron chi connectivity index (χ2n) is 5.11. The van der Waals surface area contributed by atoms with E-state index >= 15 is 0 Å². The lowest BCUT2D eigenvalue weighted by Crippen LogP contribution is -2.37. The quantitative estimate of drug-likeness (QED) is 0.627. The predicted molar refractivity (Wildman–Crippen MR) is 77.7 cm³/mol. The van der Waals surface area contributed by atoms with Crippen LogP contribution < -0.4 is 5.73 Å². The fourth-order valence-electron chi connectivity index (χ4n) is 3.49. The molecule has 0 radical (unpaired) electrons. The summed E-state index contributed by atoms with van der Waals surface area (Å²) in [5.41, 5.74) is 4.74. The van der Waals surface area contributed by atoms with Crippen LogP contribution in [-0.4, -0.2) is 7.05 Å². The maximum atomic E-state index is 5.69. The Morgan fingerprint density at radius 3 is 2.18 bits per heavy atom. The van der Waals surface area contributed by atoms with Crippen molar-refractivity contribution in [1.82, 2.24) is 0 Å². The van der Waals surface area contributed by atoms with E-state index in [1.807, 2.05) is 13.8 Å². The van der Waals surface area contributed by atoms with Crippen molar-refractivity contribution in [2.45, 2.75) is 65.7 Å². The van der Waals surface area contributed by atoms with Crippen LogP contribution >= 0.6 is 0 Å². The van der Waals surface area contributed by atoms with Gasteiger partial charge in [-0.3, -0.25) is 0 Å².